The second-order valence-electron chi connectivity index (χ2n) is 4.34. The summed E-state index contributed by atoms with van der Waals surface area (Å²) in [6, 6.07) is 5.02. The van der Waals surface area contributed by atoms with E-state index < -0.39 is 0 Å². The largest absolute Gasteiger partial charge is 0.353 e. The molecule has 2 amide bonds. The van der Waals surface area contributed by atoms with Gasteiger partial charge in [0.15, 0.2) is 5.17 Å². The fourth-order valence-corrected chi connectivity index (χ4v) is 2.88. The topological polar surface area (TPSA) is 70.6 Å². The van der Waals surface area contributed by atoms with Crippen molar-refractivity contribution in [3.05, 3.63) is 39.2 Å². The molecule has 0 aromatic heterocycles. The van der Waals surface area contributed by atoms with E-state index in [0.717, 1.165) is 18.2 Å². The minimum Gasteiger partial charge on any atom is -0.353 e. The highest BCUT2D eigenvalue weighted by atomic mass is 35.5. The summed E-state index contributed by atoms with van der Waals surface area (Å²) in [4.78, 5) is 28.0. The van der Waals surface area contributed by atoms with Gasteiger partial charge in [-0.05, 0) is 30.3 Å². The van der Waals surface area contributed by atoms with Crippen molar-refractivity contribution in [2.24, 2.45) is 4.99 Å². The number of rotatable bonds is 4. The van der Waals surface area contributed by atoms with Crippen LogP contribution in [0.4, 0.5) is 5.69 Å². The average Bonchev–Trinajstić information content (AvgIpc) is 2.81. The molecule has 0 radical (unpaired) electrons. The van der Waals surface area contributed by atoms with Crippen LogP contribution in [0.25, 0.3) is 0 Å². The highest BCUT2D eigenvalue weighted by molar-refractivity contribution is 8.18. The van der Waals surface area contributed by atoms with E-state index in [1.54, 1.807) is 18.2 Å². The average molecular weight is 358 g/mol. The van der Waals surface area contributed by atoms with Gasteiger partial charge in [0.2, 0.25) is 5.91 Å². The molecule has 1 aliphatic heterocycles. The van der Waals surface area contributed by atoms with Crippen molar-refractivity contribution in [3.63, 3.8) is 0 Å². The van der Waals surface area contributed by atoms with Gasteiger partial charge in [0.25, 0.3) is 5.91 Å². The smallest absolute Gasteiger partial charge is 0.264 e. The van der Waals surface area contributed by atoms with Gasteiger partial charge < -0.3 is 10.6 Å². The van der Waals surface area contributed by atoms with Crippen LogP contribution in [-0.4, -0.2) is 23.5 Å². The molecule has 22 heavy (non-hydrogen) atoms. The molecule has 1 aromatic carbocycles. The second kappa shape index (κ2) is 7.67. The van der Waals surface area contributed by atoms with Crippen LogP contribution >= 0.6 is 35.0 Å². The second-order valence-corrected chi connectivity index (χ2v) is 6.19. The first-order valence-electron chi connectivity index (χ1n) is 6.52. The maximum absolute atomic E-state index is 11.8. The highest BCUT2D eigenvalue weighted by Crippen LogP contribution is 2.35. The van der Waals surface area contributed by atoms with Crippen LogP contribution in [0.5, 0.6) is 0 Å². The van der Waals surface area contributed by atoms with Gasteiger partial charge in [-0.15, -0.1) is 0 Å². The highest BCUT2D eigenvalue weighted by Gasteiger charge is 2.25. The van der Waals surface area contributed by atoms with Gasteiger partial charge in [0.1, 0.15) is 5.69 Å². The van der Waals surface area contributed by atoms with Gasteiger partial charge >= 0.3 is 0 Å². The molecule has 1 heterocycles. The van der Waals surface area contributed by atoms with E-state index in [2.05, 4.69) is 15.6 Å². The van der Waals surface area contributed by atoms with Crippen LogP contribution in [0.15, 0.2) is 34.2 Å². The lowest BCUT2D eigenvalue weighted by molar-refractivity contribution is -0.118. The maximum Gasteiger partial charge on any atom is 0.264 e. The van der Waals surface area contributed by atoms with Crippen molar-refractivity contribution >= 4 is 57.6 Å². The van der Waals surface area contributed by atoms with Crippen molar-refractivity contribution in [3.8, 4) is 0 Å². The summed E-state index contributed by atoms with van der Waals surface area (Å²) < 4.78 is 0. The number of carbonyl (C=O) groups excluding carboxylic acids is 2. The minimum absolute atomic E-state index is 0.274. The van der Waals surface area contributed by atoms with Gasteiger partial charge in [-0.1, -0.05) is 36.2 Å². The predicted octanol–water partition coefficient (Wildman–Crippen LogP) is 3.25. The van der Waals surface area contributed by atoms with Gasteiger partial charge in [0.05, 0.1) is 15.0 Å². The molecule has 1 saturated heterocycles. The summed E-state index contributed by atoms with van der Waals surface area (Å²) in [5.74, 6) is -0.685. The molecule has 0 aliphatic carbocycles. The van der Waals surface area contributed by atoms with Crippen LogP contribution in [-0.2, 0) is 9.59 Å². The van der Waals surface area contributed by atoms with Crippen LogP contribution in [0.3, 0.4) is 0 Å². The molecule has 5 nitrogen and oxygen atoms in total. The Balaban J connectivity index is 2.17. The zero-order chi connectivity index (χ0) is 16.1. The number of para-hydroxylation sites is 1. The molecule has 116 valence electrons. The quantitative estimate of drug-likeness (QED) is 0.812. The first kappa shape index (κ1) is 16.9. The van der Waals surface area contributed by atoms with Gasteiger partial charge in [-0.2, -0.15) is 0 Å². The Hall–Kier alpha value is -1.50. The normalized spacial score (nSPS) is 17.9. The molecule has 0 atom stereocenters. The first-order chi connectivity index (χ1) is 10.5. The standard InChI is InChI=1S/C14H13Cl2N3O2S/c1-2-6-17-11(20)7-10-13(21)19-14(22-10)18-12-8(15)4-3-5-9(12)16/h3-5,7H,2,6H2,1H3,(H,17,20)(H,18,19,21). The van der Waals surface area contributed by atoms with E-state index in [1.807, 2.05) is 6.92 Å². The van der Waals surface area contributed by atoms with Crippen molar-refractivity contribution in [1.82, 2.24) is 10.6 Å². The lowest BCUT2D eigenvalue weighted by Gasteiger charge is -2.01. The number of nitrogens with one attached hydrogen (secondary N) is 2. The predicted molar refractivity (Wildman–Crippen MR) is 90.7 cm³/mol. The van der Waals surface area contributed by atoms with E-state index >= 15 is 0 Å². The fraction of sp³-hybridized carbons (Fsp3) is 0.214. The molecule has 0 saturated carbocycles. The molecular formula is C14H13Cl2N3O2S. The first-order valence-corrected chi connectivity index (χ1v) is 8.10. The number of carbonyl (C=O) groups is 2. The van der Waals surface area contributed by atoms with Crippen LogP contribution in [0, 0.1) is 0 Å². The van der Waals surface area contributed by atoms with Crippen LogP contribution < -0.4 is 10.6 Å². The number of benzene rings is 1. The van der Waals surface area contributed by atoms with E-state index in [1.165, 1.54) is 6.08 Å². The number of nitrogens with zero attached hydrogens (tertiary/aromatic N) is 1. The summed E-state index contributed by atoms with van der Waals surface area (Å²) in [5.41, 5.74) is 0.380. The zero-order valence-electron chi connectivity index (χ0n) is 11.7. The fourth-order valence-electron chi connectivity index (χ4n) is 1.60. The Labute approximate surface area is 142 Å². The number of halogens is 2. The summed E-state index contributed by atoms with van der Waals surface area (Å²) in [6.07, 6.45) is 2.08. The summed E-state index contributed by atoms with van der Waals surface area (Å²) in [6.45, 7) is 2.51. The number of amidine groups is 1. The van der Waals surface area contributed by atoms with Crippen molar-refractivity contribution in [2.45, 2.75) is 13.3 Å². The van der Waals surface area contributed by atoms with Crippen molar-refractivity contribution in [1.29, 1.82) is 0 Å². The summed E-state index contributed by atoms with van der Waals surface area (Å²) in [7, 11) is 0. The molecule has 2 N–H and O–H groups in total. The molecule has 1 aromatic rings. The monoisotopic (exact) mass is 357 g/mol. The Morgan fingerprint density at radius 2 is 2.09 bits per heavy atom. The molecule has 1 aliphatic rings. The number of hydrogen-bond donors (Lipinski definition) is 2. The number of amides is 2. The molecule has 0 spiro atoms. The number of aliphatic imine (C=N–C) groups is 1. The molecule has 8 heteroatoms. The number of thioether (sulfide) groups is 1. The molecule has 0 bridgehead atoms. The Kier molecular flexibility index (Phi) is 5.88. The molecule has 2 rings (SSSR count). The zero-order valence-corrected chi connectivity index (χ0v) is 14.0. The Morgan fingerprint density at radius 3 is 2.73 bits per heavy atom. The van der Waals surface area contributed by atoms with E-state index in [-0.39, 0.29) is 16.7 Å². The Morgan fingerprint density at radius 1 is 1.41 bits per heavy atom. The molecule has 1 fully saturated rings. The summed E-state index contributed by atoms with van der Waals surface area (Å²) in [5, 5.41) is 6.34. The van der Waals surface area contributed by atoms with Gasteiger partial charge in [-0.25, -0.2) is 4.99 Å². The lowest BCUT2D eigenvalue weighted by Crippen LogP contribution is -2.23. The maximum atomic E-state index is 11.8. The Bertz CT molecular complexity index is 654. The molecular weight excluding hydrogens is 345 g/mol. The van der Waals surface area contributed by atoms with Crippen molar-refractivity contribution < 1.29 is 9.59 Å². The van der Waals surface area contributed by atoms with Crippen molar-refractivity contribution in [2.75, 3.05) is 6.54 Å². The number of hydrogen-bond acceptors (Lipinski definition) is 4. The minimum atomic E-state index is -0.376. The molecule has 0 unspecified atom stereocenters. The van der Waals surface area contributed by atoms with Gasteiger partial charge in [-0.3, -0.25) is 9.59 Å². The third-order valence-corrected chi connectivity index (χ3v) is 4.13. The lowest BCUT2D eigenvalue weighted by atomic mass is 10.3. The van der Waals surface area contributed by atoms with Crippen LogP contribution in [0.2, 0.25) is 10.0 Å². The van der Waals surface area contributed by atoms with E-state index in [0.29, 0.717) is 27.4 Å². The van der Waals surface area contributed by atoms with Gasteiger partial charge in [0, 0.05) is 12.6 Å². The van der Waals surface area contributed by atoms with Crippen LogP contribution in [0.1, 0.15) is 13.3 Å². The van der Waals surface area contributed by atoms with E-state index in [4.69, 9.17) is 23.2 Å². The third-order valence-electron chi connectivity index (χ3n) is 2.61. The third kappa shape index (κ3) is 4.25. The SMILES string of the molecule is CCCNC(=O)C=C1SC(=Nc2c(Cl)cccc2Cl)NC1=O. The van der Waals surface area contributed by atoms with E-state index in [9.17, 15) is 9.59 Å². The summed E-state index contributed by atoms with van der Waals surface area (Å²) >= 11 is 13.1.